The number of fused-ring (bicyclic) bond motifs is 1. The van der Waals surface area contributed by atoms with Crippen LogP contribution in [0.15, 0.2) is 36.5 Å². The third kappa shape index (κ3) is 3.67. The molecule has 1 N–H and O–H groups in total. The third-order valence-electron chi connectivity index (χ3n) is 2.97. The Hall–Kier alpha value is -1.61. The molecule has 0 unspecified atom stereocenters. The van der Waals surface area contributed by atoms with Crippen LogP contribution in [0.25, 0.3) is 10.9 Å². The van der Waals surface area contributed by atoms with Gasteiger partial charge in [0, 0.05) is 24.0 Å². The second-order valence-electron chi connectivity index (χ2n) is 4.39. The fourth-order valence-corrected chi connectivity index (χ4v) is 2.17. The molecule has 1 aromatic carbocycles. The number of hydrogen-bond donors (Lipinski definition) is 1. The molecule has 1 heterocycles. The van der Waals surface area contributed by atoms with Crippen molar-refractivity contribution in [2.75, 3.05) is 12.4 Å². The molecular formula is C15H17ClN2O. The molecule has 0 atom stereocenters. The average Bonchev–Trinajstić information content (AvgIpc) is 2.46. The van der Waals surface area contributed by atoms with Crippen molar-refractivity contribution in [1.29, 1.82) is 0 Å². The van der Waals surface area contributed by atoms with Gasteiger partial charge in [-0.2, -0.15) is 0 Å². The number of carbonyl (C=O) groups is 1. The Kier molecular flexibility index (Phi) is 5.16. The molecule has 4 heteroatoms. The van der Waals surface area contributed by atoms with E-state index in [1.165, 1.54) is 0 Å². The number of aromatic nitrogens is 1. The lowest BCUT2D eigenvalue weighted by Crippen LogP contribution is -2.24. The molecule has 100 valence electrons. The maximum absolute atomic E-state index is 12.1. The van der Waals surface area contributed by atoms with E-state index in [9.17, 15) is 4.79 Å². The number of halogens is 1. The predicted octanol–water partition coefficient (Wildman–Crippen LogP) is 3.37. The number of para-hydroxylation sites is 1. The molecule has 3 nitrogen and oxygen atoms in total. The van der Waals surface area contributed by atoms with Crippen LogP contribution in [-0.2, 0) is 0 Å². The zero-order valence-corrected chi connectivity index (χ0v) is 11.5. The molecule has 0 bridgehead atoms. The molecule has 1 aromatic heterocycles. The van der Waals surface area contributed by atoms with E-state index in [1.54, 1.807) is 6.20 Å². The Morgan fingerprint density at radius 2 is 2.00 bits per heavy atom. The Morgan fingerprint density at radius 3 is 2.84 bits per heavy atom. The summed E-state index contributed by atoms with van der Waals surface area (Å²) in [4.78, 5) is 16.4. The van der Waals surface area contributed by atoms with E-state index in [0.29, 0.717) is 18.0 Å². The van der Waals surface area contributed by atoms with Crippen molar-refractivity contribution in [1.82, 2.24) is 10.3 Å². The number of pyridine rings is 1. The fraction of sp³-hybridized carbons (Fsp3) is 0.333. The summed E-state index contributed by atoms with van der Waals surface area (Å²) in [7, 11) is 0. The Balaban J connectivity index is 2.01. The highest BCUT2D eigenvalue weighted by atomic mass is 35.5. The number of nitrogens with one attached hydrogen (secondary N) is 1. The number of carbonyl (C=O) groups excluding carboxylic acids is 1. The quantitative estimate of drug-likeness (QED) is 0.649. The lowest BCUT2D eigenvalue weighted by atomic mass is 10.1. The SMILES string of the molecule is O=C(NCCCCCCl)c1cccc2cccnc12. The molecule has 0 saturated carbocycles. The number of benzene rings is 1. The first-order valence-electron chi connectivity index (χ1n) is 6.51. The van der Waals surface area contributed by atoms with Crippen LogP contribution in [0.4, 0.5) is 0 Å². The van der Waals surface area contributed by atoms with Crippen LogP contribution in [0.5, 0.6) is 0 Å². The summed E-state index contributed by atoms with van der Waals surface area (Å²) in [5, 5.41) is 3.91. The van der Waals surface area contributed by atoms with Crippen molar-refractivity contribution in [2.24, 2.45) is 0 Å². The standard InChI is InChI=1S/C15H17ClN2O/c16-9-2-1-3-10-18-15(19)13-8-4-6-12-7-5-11-17-14(12)13/h4-8,11H,1-3,9-10H2,(H,18,19). The van der Waals surface area contributed by atoms with Crippen molar-refractivity contribution in [3.05, 3.63) is 42.1 Å². The topological polar surface area (TPSA) is 42.0 Å². The largest absolute Gasteiger partial charge is 0.352 e. The average molecular weight is 277 g/mol. The van der Waals surface area contributed by atoms with E-state index in [4.69, 9.17) is 11.6 Å². The first-order valence-corrected chi connectivity index (χ1v) is 7.04. The highest BCUT2D eigenvalue weighted by molar-refractivity contribution is 6.17. The van der Waals surface area contributed by atoms with Crippen LogP contribution in [-0.4, -0.2) is 23.3 Å². The summed E-state index contributed by atoms with van der Waals surface area (Å²) in [6.07, 6.45) is 4.70. The Morgan fingerprint density at radius 1 is 1.16 bits per heavy atom. The van der Waals surface area contributed by atoms with E-state index >= 15 is 0 Å². The summed E-state index contributed by atoms with van der Waals surface area (Å²) in [5.74, 6) is 0.622. The second kappa shape index (κ2) is 7.10. The van der Waals surface area contributed by atoms with Crippen LogP contribution >= 0.6 is 11.6 Å². The summed E-state index contributed by atoms with van der Waals surface area (Å²) in [6, 6.07) is 9.48. The Labute approximate surface area is 118 Å². The van der Waals surface area contributed by atoms with E-state index in [-0.39, 0.29) is 5.91 Å². The van der Waals surface area contributed by atoms with Gasteiger partial charge in [0.1, 0.15) is 0 Å². The van der Waals surface area contributed by atoms with Crippen molar-refractivity contribution in [3.8, 4) is 0 Å². The van der Waals surface area contributed by atoms with Crippen LogP contribution < -0.4 is 5.32 Å². The molecule has 1 amide bonds. The molecule has 0 fully saturated rings. The van der Waals surface area contributed by atoms with E-state index in [2.05, 4.69) is 10.3 Å². The molecule has 2 rings (SSSR count). The minimum atomic E-state index is -0.0600. The van der Waals surface area contributed by atoms with E-state index in [0.717, 1.165) is 30.2 Å². The summed E-state index contributed by atoms with van der Waals surface area (Å²) < 4.78 is 0. The highest BCUT2D eigenvalue weighted by Gasteiger charge is 2.09. The van der Waals surface area contributed by atoms with Crippen molar-refractivity contribution in [2.45, 2.75) is 19.3 Å². The van der Waals surface area contributed by atoms with E-state index in [1.807, 2.05) is 30.3 Å². The van der Waals surface area contributed by atoms with Gasteiger partial charge in [0.05, 0.1) is 11.1 Å². The van der Waals surface area contributed by atoms with Gasteiger partial charge in [-0.3, -0.25) is 9.78 Å². The van der Waals surface area contributed by atoms with E-state index < -0.39 is 0 Å². The molecule has 0 aliphatic carbocycles. The Bertz CT molecular complexity index is 551. The number of hydrogen-bond acceptors (Lipinski definition) is 2. The van der Waals surface area contributed by atoms with Crippen LogP contribution in [0.2, 0.25) is 0 Å². The van der Waals surface area contributed by atoms with Crippen molar-refractivity contribution in [3.63, 3.8) is 0 Å². The summed E-state index contributed by atoms with van der Waals surface area (Å²) in [5.41, 5.74) is 1.39. The molecule has 0 radical (unpaired) electrons. The molecule has 2 aromatic rings. The minimum Gasteiger partial charge on any atom is -0.352 e. The molecule has 19 heavy (non-hydrogen) atoms. The molecular weight excluding hydrogens is 260 g/mol. The fourth-order valence-electron chi connectivity index (χ4n) is 1.98. The van der Waals surface area contributed by atoms with Gasteiger partial charge >= 0.3 is 0 Å². The van der Waals surface area contributed by atoms with Crippen molar-refractivity contribution >= 4 is 28.4 Å². The first-order chi connectivity index (χ1) is 9.33. The van der Waals surface area contributed by atoms with Gasteiger partial charge in [0.2, 0.25) is 0 Å². The van der Waals surface area contributed by atoms with Gasteiger partial charge in [0.25, 0.3) is 5.91 Å². The lowest BCUT2D eigenvalue weighted by Gasteiger charge is -2.07. The summed E-state index contributed by atoms with van der Waals surface area (Å²) >= 11 is 5.61. The predicted molar refractivity (Wildman–Crippen MR) is 78.6 cm³/mol. The van der Waals surface area contributed by atoms with Crippen molar-refractivity contribution < 1.29 is 4.79 Å². The maximum atomic E-state index is 12.1. The third-order valence-corrected chi connectivity index (χ3v) is 3.24. The number of unbranched alkanes of at least 4 members (excludes halogenated alkanes) is 2. The molecule has 0 spiro atoms. The van der Waals surface area contributed by atoms with Crippen LogP contribution in [0, 0.1) is 0 Å². The molecule has 0 aliphatic rings. The number of nitrogens with zero attached hydrogens (tertiary/aromatic N) is 1. The monoisotopic (exact) mass is 276 g/mol. The van der Waals surface area contributed by atoms with Gasteiger partial charge in [0.15, 0.2) is 0 Å². The van der Waals surface area contributed by atoms with Gasteiger partial charge in [-0.05, 0) is 25.0 Å². The van der Waals surface area contributed by atoms with Gasteiger partial charge in [-0.15, -0.1) is 11.6 Å². The van der Waals surface area contributed by atoms with Crippen LogP contribution in [0.3, 0.4) is 0 Å². The number of alkyl halides is 1. The van der Waals surface area contributed by atoms with Gasteiger partial charge < -0.3 is 5.32 Å². The highest BCUT2D eigenvalue weighted by Crippen LogP contribution is 2.15. The normalized spacial score (nSPS) is 10.6. The first kappa shape index (κ1) is 13.8. The second-order valence-corrected chi connectivity index (χ2v) is 4.76. The zero-order valence-electron chi connectivity index (χ0n) is 10.7. The minimum absolute atomic E-state index is 0.0600. The smallest absolute Gasteiger partial charge is 0.253 e. The van der Waals surface area contributed by atoms with Gasteiger partial charge in [-0.1, -0.05) is 24.6 Å². The number of amides is 1. The lowest BCUT2D eigenvalue weighted by molar-refractivity contribution is 0.0954. The zero-order chi connectivity index (χ0) is 13.5. The summed E-state index contributed by atoms with van der Waals surface area (Å²) in [6.45, 7) is 0.680. The maximum Gasteiger partial charge on any atom is 0.253 e. The molecule has 0 saturated heterocycles. The van der Waals surface area contributed by atoms with Gasteiger partial charge in [-0.25, -0.2) is 0 Å². The number of rotatable bonds is 6. The molecule has 0 aliphatic heterocycles. The van der Waals surface area contributed by atoms with Crippen LogP contribution in [0.1, 0.15) is 29.6 Å².